The maximum Gasteiger partial charge on any atom is 0.312 e. The van der Waals surface area contributed by atoms with Crippen molar-refractivity contribution in [2.75, 3.05) is 20.1 Å². The van der Waals surface area contributed by atoms with E-state index >= 15 is 0 Å². The number of nitrogens with zero attached hydrogens (tertiary/aromatic N) is 2. The second kappa shape index (κ2) is 7.82. The van der Waals surface area contributed by atoms with E-state index in [-0.39, 0.29) is 26.1 Å². The number of carboxylic acid groups (broad SMARTS) is 1. The lowest BCUT2D eigenvalue weighted by Gasteiger charge is -2.42. The average Bonchev–Trinajstić information content (AvgIpc) is 2.57. The van der Waals surface area contributed by atoms with Gasteiger partial charge in [0.05, 0.1) is 11.5 Å². The minimum Gasteiger partial charge on any atom is -0.481 e. The molecule has 1 saturated heterocycles. The minimum atomic E-state index is -3.77. The summed E-state index contributed by atoms with van der Waals surface area (Å²) in [5.41, 5.74) is -0.407. The molecular weight excluding hydrogens is 344 g/mol. The maximum atomic E-state index is 12.8. The molecule has 1 aromatic carbocycles. The van der Waals surface area contributed by atoms with Gasteiger partial charge in [-0.3, -0.25) is 4.79 Å². The number of β-amino-alcohol motifs (C(OH)–C–C–N with tert-alkyl or cyclic N) is 1. The van der Waals surface area contributed by atoms with E-state index in [0.717, 1.165) is 5.56 Å². The van der Waals surface area contributed by atoms with E-state index in [2.05, 4.69) is 0 Å². The van der Waals surface area contributed by atoms with E-state index < -0.39 is 27.7 Å². The third kappa shape index (κ3) is 4.03. The molecular formula is C17H26N2O5S. The van der Waals surface area contributed by atoms with E-state index in [9.17, 15) is 23.4 Å². The summed E-state index contributed by atoms with van der Waals surface area (Å²) in [5.74, 6) is -1.06. The van der Waals surface area contributed by atoms with Gasteiger partial charge < -0.3 is 10.2 Å². The van der Waals surface area contributed by atoms with Crippen molar-refractivity contribution in [1.82, 2.24) is 8.61 Å². The topological polar surface area (TPSA) is 98.2 Å². The minimum absolute atomic E-state index is 0.0881. The Morgan fingerprint density at radius 2 is 2.00 bits per heavy atom. The highest BCUT2D eigenvalue weighted by molar-refractivity contribution is 7.86. The molecule has 0 spiro atoms. The van der Waals surface area contributed by atoms with Gasteiger partial charge in [0.25, 0.3) is 10.2 Å². The number of hydrogen-bond donors (Lipinski definition) is 2. The normalized spacial score (nSPS) is 25.2. The first-order valence-corrected chi connectivity index (χ1v) is 9.80. The van der Waals surface area contributed by atoms with Crippen LogP contribution in [0.4, 0.5) is 0 Å². The standard InChI is InChI=1S/C17H26N2O5S/c1-3-9-17(16(21)22)10-11-19(13-15(17)20)25(23,24)18(2)12-14-7-5-4-6-8-14/h4-8,15,20H,3,9-13H2,1-2H3,(H,21,22)/t15-,17-/m0/s1. The van der Waals surface area contributed by atoms with Crippen molar-refractivity contribution in [2.24, 2.45) is 5.41 Å². The second-order valence-corrected chi connectivity index (χ2v) is 8.62. The third-order valence-electron chi connectivity index (χ3n) is 4.91. The van der Waals surface area contributed by atoms with Crippen LogP contribution in [0.3, 0.4) is 0 Å². The summed E-state index contributed by atoms with van der Waals surface area (Å²) < 4.78 is 27.9. The van der Waals surface area contributed by atoms with Crippen molar-refractivity contribution in [1.29, 1.82) is 0 Å². The van der Waals surface area contributed by atoms with E-state index in [1.54, 1.807) is 0 Å². The molecule has 0 aliphatic carbocycles. The van der Waals surface area contributed by atoms with E-state index in [1.807, 2.05) is 37.3 Å². The van der Waals surface area contributed by atoms with Crippen molar-refractivity contribution in [2.45, 2.75) is 38.8 Å². The summed E-state index contributed by atoms with van der Waals surface area (Å²) in [6.45, 7) is 1.96. The molecule has 1 aliphatic rings. The molecule has 0 bridgehead atoms. The fourth-order valence-electron chi connectivity index (χ4n) is 3.37. The van der Waals surface area contributed by atoms with Crippen LogP contribution in [0, 0.1) is 5.41 Å². The van der Waals surface area contributed by atoms with Crippen molar-refractivity contribution in [3.05, 3.63) is 35.9 Å². The quantitative estimate of drug-likeness (QED) is 0.754. The van der Waals surface area contributed by atoms with Crippen molar-refractivity contribution in [3.8, 4) is 0 Å². The Morgan fingerprint density at radius 1 is 1.36 bits per heavy atom. The van der Waals surface area contributed by atoms with E-state index in [1.165, 1.54) is 15.7 Å². The molecule has 25 heavy (non-hydrogen) atoms. The van der Waals surface area contributed by atoms with Gasteiger partial charge in [0.15, 0.2) is 0 Å². The van der Waals surface area contributed by atoms with Gasteiger partial charge in [0.2, 0.25) is 0 Å². The van der Waals surface area contributed by atoms with Crippen LogP contribution in [0.2, 0.25) is 0 Å². The molecule has 0 amide bonds. The number of aliphatic carboxylic acids is 1. The Hall–Kier alpha value is -1.48. The lowest BCUT2D eigenvalue weighted by molar-refractivity contribution is -0.162. The molecule has 0 aromatic heterocycles. The summed E-state index contributed by atoms with van der Waals surface area (Å²) in [6.07, 6.45) is -0.171. The third-order valence-corrected chi connectivity index (χ3v) is 6.81. The molecule has 1 aliphatic heterocycles. The van der Waals surface area contributed by atoms with Gasteiger partial charge in [-0.1, -0.05) is 43.7 Å². The predicted octanol–water partition coefficient (Wildman–Crippen LogP) is 1.30. The predicted molar refractivity (Wildman–Crippen MR) is 94.0 cm³/mol. The molecule has 1 fully saturated rings. The number of aliphatic hydroxyl groups excluding tert-OH is 1. The van der Waals surface area contributed by atoms with Crippen molar-refractivity contribution in [3.63, 3.8) is 0 Å². The number of aliphatic hydroxyl groups is 1. The number of hydrogen-bond acceptors (Lipinski definition) is 4. The summed E-state index contributed by atoms with van der Waals surface area (Å²) in [5, 5.41) is 20.0. The van der Waals surface area contributed by atoms with Crippen LogP contribution in [0.15, 0.2) is 30.3 Å². The maximum absolute atomic E-state index is 12.8. The number of piperidine rings is 1. The lowest BCUT2D eigenvalue weighted by atomic mass is 9.73. The van der Waals surface area contributed by atoms with Crippen LogP contribution in [-0.4, -0.2) is 59.5 Å². The van der Waals surface area contributed by atoms with Gasteiger partial charge >= 0.3 is 5.97 Å². The first kappa shape index (κ1) is 19.8. The van der Waals surface area contributed by atoms with E-state index in [4.69, 9.17) is 0 Å². The molecule has 0 unspecified atom stereocenters. The first-order chi connectivity index (χ1) is 11.7. The van der Waals surface area contributed by atoms with Gasteiger partial charge in [-0.05, 0) is 18.4 Å². The highest BCUT2D eigenvalue weighted by Gasteiger charge is 2.50. The Bertz CT molecular complexity index is 694. The largest absolute Gasteiger partial charge is 0.481 e. The second-order valence-electron chi connectivity index (χ2n) is 6.58. The van der Waals surface area contributed by atoms with Crippen LogP contribution in [0.5, 0.6) is 0 Å². The Morgan fingerprint density at radius 3 is 2.52 bits per heavy atom. The molecule has 1 aromatic rings. The molecule has 2 atom stereocenters. The number of carboxylic acids is 1. The molecule has 0 saturated carbocycles. The molecule has 0 radical (unpaired) electrons. The summed E-state index contributed by atoms with van der Waals surface area (Å²) in [6, 6.07) is 9.22. The smallest absolute Gasteiger partial charge is 0.312 e. The van der Waals surface area contributed by atoms with Gasteiger partial charge in [0.1, 0.15) is 0 Å². The van der Waals surface area contributed by atoms with Crippen molar-refractivity contribution >= 4 is 16.2 Å². The molecule has 8 heteroatoms. The van der Waals surface area contributed by atoms with Crippen LogP contribution in [-0.2, 0) is 21.5 Å². The highest BCUT2D eigenvalue weighted by atomic mass is 32.2. The Kier molecular flexibility index (Phi) is 6.21. The van der Waals surface area contributed by atoms with Crippen LogP contribution >= 0.6 is 0 Å². The number of carbonyl (C=O) groups is 1. The summed E-state index contributed by atoms with van der Waals surface area (Å²) >= 11 is 0. The molecule has 140 valence electrons. The number of rotatable bonds is 7. The summed E-state index contributed by atoms with van der Waals surface area (Å²) in [7, 11) is -2.28. The van der Waals surface area contributed by atoms with Gasteiger partial charge in [0, 0.05) is 26.7 Å². The zero-order valence-electron chi connectivity index (χ0n) is 14.6. The highest BCUT2D eigenvalue weighted by Crippen LogP contribution is 2.38. The monoisotopic (exact) mass is 370 g/mol. The first-order valence-electron chi connectivity index (χ1n) is 8.41. The summed E-state index contributed by atoms with van der Waals surface area (Å²) in [4.78, 5) is 11.7. The molecule has 7 nitrogen and oxygen atoms in total. The Labute approximate surface area is 149 Å². The van der Waals surface area contributed by atoms with Gasteiger partial charge in [-0.25, -0.2) is 0 Å². The van der Waals surface area contributed by atoms with Gasteiger partial charge in [-0.2, -0.15) is 17.0 Å². The lowest BCUT2D eigenvalue weighted by Crippen LogP contribution is -2.57. The Balaban J connectivity index is 2.13. The van der Waals surface area contributed by atoms with Crippen LogP contribution in [0.25, 0.3) is 0 Å². The zero-order chi connectivity index (χ0) is 18.7. The fraction of sp³-hybridized carbons (Fsp3) is 0.588. The SMILES string of the molecule is CCC[C@]1(C(=O)O)CCN(S(=O)(=O)N(C)Cc2ccccc2)C[C@@H]1O. The fourth-order valence-corrected chi connectivity index (χ4v) is 4.73. The average molecular weight is 370 g/mol. The molecule has 2 rings (SSSR count). The molecule has 1 heterocycles. The number of benzene rings is 1. The zero-order valence-corrected chi connectivity index (χ0v) is 15.4. The van der Waals surface area contributed by atoms with Crippen LogP contribution < -0.4 is 0 Å². The molecule has 2 N–H and O–H groups in total. The van der Waals surface area contributed by atoms with Crippen molar-refractivity contribution < 1.29 is 23.4 Å². The van der Waals surface area contributed by atoms with Crippen LogP contribution in [0.1, 0.15) is 31.7 Å². The van der Waals surface area contributed by atoms with Gasteiger partial charge in [-0.15, -0.1) is 0 Å². The van der Waals surface area contributed by atoms with E-state index in [0.29, 0.717) is 12.8 Å².